The summed E-state index contributed by atoms with van der Waals surface area (Å²) in [7, 11) is -2.80. The first kappa shape index (κ1) is 24.6. The SMILES string of the molecule is COc1ccc([N+](=O)[O-])cc1NS(=O)(=O)c1ccc(C(=O)Nc2cnc(C(C)(C)C)nc2)cc1. The Morgan fingerprint density at radius 1 is 1.06 bits per heavy atom. The highest BCUT2D eigenvalue weighted by Gasteiger charge is 2.20. The largest absolute Gasteiger partial charge is 0.495 e. The van der Waals surface area contributed by atoms with Crippen molar-refractivity contribution in [2.24, 2.45) is 0 Å². The first-order chi connectivity index (χ1) is 15.9. The number of nitrogens with one attached hydrogen (secondary N) is 2. The van der Waals surface area contributed by atoms with Gasteiger partial charge in [0.2, 0.25) is 0 Å². The molecule has 0 aliphatic rings. The predicted octanol–water partition coefficient (Wildman–Crippen LogP) is 3.74. The van der Waals surface area contributed by atoms with E-state index >= 15 is 0 Å². The molecule has 0 atom stereocenters. The summed E-state index contributed by atoms with van der Waals surface area (Å²) in [4.78, 5) is 31.3. The Kier molecular flexibility index (Phi) is 6.82. The van der Waals surface area contributed by atoms with E-state index in [9.17, 15) is 23.3 Å². The van der Waals surface area contributed by atoms with Crippen LogP contribution in [0.5, 0.6) is 5.75 Å². The van der Waals surface area contributed by atoms with Gasteiger partial charge < -0.3 is 10.1 Å². The molecule has 0 radical (unpaired) electrons. The van der Waals surface area contributed by atoms with Crippen molar-refractivity contribution in [3.63, 3.8) is 0 Å². The van der Waals surface area contributed by atoms with Crippen molar-refractivity contribution >= 4 is 33.0 Å². The number of nitro benzene ring substituents is 1. The van der Waals surface area contributed by atoms with Gasteiger partial charge in [0.15, 0.2) is 0 Å². The Morgan fingerprint density at radius 3 is 2.21 bits per heavy atom. The Bertz CT molecular complexity index is 1320. The van der Waals surface area contributed by atoms with Gasteiger partial charge in [0.05, 0.1) is 40.7 Å². The van der Waals surface area contributed by atoms with Crippen LogP contribution in [0.1, 0.15) is 37.0 Å². The van der Waals surface area contributed by atoms with Crippen LogP contribution in [-0.2, 0) is 15.4 Å². The maximum absolute atomic E-state index is 12.8. The van der Waals surface area contributed by atoms with Gasteiger partial charge in [-0.2, -0.15) is 0 Å². The number of amides is 1. The number of sulfonamides is 1. The lowest BCUT2D eigenvalue weighted by molar-refractivity contribution is -0.384. The molecule has 1 heterocycles. The lowest BCUT2D eigenvalue weighted by Crippen LogP contribution is -2.17. The highest BCUT2D eigenvalue weighted by Crippen LogP contribution is 2.31. The van der Waals surface area contributed by atoms with Crippen molar-refractivity contribution in [1.29, 1.82) is 0 Å². The van der Waals surface area contributed by atoms with Crippen LogP contribution in [-0.4, -0.2) is 36.3 Å². The lowest BCUT2D eigenvalue weighted by atomic mass is 9.96. The smallest absolute Gasteiger partial charge is 0.271 e. The fourth-order valence-electron chi connectivity index (χ4n) is 2.86. The topological polar surface area (TPSA) is 153 Å². The van der Waals surface area contributed by atoms with Crippen LogP contribution in [0.2, 0.25) is 0 Å². The van der Waals surface area contributed by atoms with Gasteiger partial charge >= 0.3 is 0 Å². The van der Waals surface area contributed by atoms with Gasteiger partial charge in [-0.3, -0.25) is 19.6 Å². The molecule has 34 heavy (non-hydrogen) atoms. The molecule has 0 fully saturated rings. The van der Waals surface area contributed by atoms with Crippen molar-refractivity contribution < 1.29 is 22.9 Å². The molecule has 0 saturated heterocycles. The van der Waals surface area contributed by atoms with Crippen LogP contribution < -0.4 is 14.8 Å². The van der Waals surface area contributed by atoms with Crippen LogP contribution in [0.3, 0.4) is 0 Å². The molecule has 0 bridgehead atoms. The summed E-state index contributed by atoms with van der Waals surface area (Å²) in [5.74, 6) is 0.280. The van der Waals surface area contributed by atoms with E-state index in [0.29, 0.717) is 11.5 Å². The van der Waals surface area contributed by atoms with E-state index in [1.807, 2.05) is 20.8 Å². The van der Waals surface area contributed by atoms with Crippen molar-refractivity contribution in [2.45, 2.75) is 31.1 Å². The first-order valence-electron chi connectivity index (χ1n) is 10.00. The second-order valence-electron chi connectivity index (χ2n) is 8.27. The Morgan fingerprint density at radius 2 is 1.68 bits per heavy atom. The quantitative estimate of drug-likeness (QED) is 0.379. The van der Waals surface area contributed by atoms with Gasteiger partial charge in [-0.25, -0.2) is 18.4 Å². The molecule has 2 N–H and O–H groups in total. The van der Waals surface area contributed by atoms with Crippen molar-refractivity contribution in [3.05, 3.63) is 76.4 Å². The van der Waals surface area contributed by atoms with Gasteiger partial charge in [0.25, 0.3) is 21.6 Å². The number of hydrogen-bond donors (Lipinski definition) is 2. The zero-order chi connectivity index (χ0) is 25.1. The highest BCUT2D eigenvalue weighted by molar-refractivity contribution is 7.92. The molecule has 0 aliphatic heterocycles. The molecular weight excluding hydrogens is 462 g/mol. The van der Waals surface area contributed by atoms with Gasteiger partial charge in [-0.1, -0.05) is 20.8 Å². The fourth-order valence-corrected chi connectivity index (χ4v) is 3.92. The number of nitrogens with zero attached hydrogens (tertiary/aromatic N) is 3. The predicted molar refractivity (Wildman–Crippen MR) is 126 cm³/mol. The fraction of sp³-hybridized carbons (Fsp3) is 0.227. The van der Waals surface area contributed by atoms with E-state index in [4.69, 9.17) is 4.74 Å². The third kappa shape index (κ3) is 5.64. The molecule has 2 aromatic carbocycles. The zero-order valence-corrected chi connectivity index (χ0v) is 19.7. The maximum atomic E-state index is 12.8. The summed E-state index contributed by atoms with van der Waals surface area (Å²) in [6.07, 6.45) is 3.00. The lowest BCUT2D eigenvalue weighted by Gasteiger charge is -2.16. The van der Waals surface area contributed by atoms with E-state index < -0.39 is 20.9 Å². The molecule has 12 heteroatoms. The minimum absolute atomic E-state index is 0.0859. The number of carbonyl (C=O) groups excluding carboxylic acids is 1. The molecule has 0 aliphatic carbocycles. The molecule has 0 saturated carbocycles. The number of aromatic nitrogens is 2. The summed E-state index contributed by atoms with van der Waals surface area (Å²) in [5.41, 5.74) is -0.00443. The third-order valence-electron chi connectivity index (χ3n) is 4.65. The first-order valence-corrected chi connectivity index (χ1v) is 11.5. The number of non-ortho nitro benzene ring substituents is 1. The van der Waals surface area contributed by atoms with Gasteiger partial charge in [-0.05, 0) is 30.3 Å². The molecular formula is C22H23N5O6S. The molecule has 178 valence electrons. The highest BCUT2D eigenvalue weighted by atomic mass is 32.2. The van der Waals surface area contributed by atoms with E-state index in [2.05, 4.69) is 20.0 Å². The van der Waals surface area contributed by atoms with Gasteiger partial charge in [0.1, 0.15) is 11.6 Å². The van der Waals surface area contributed by atoms with E-state index in [-0.39, 0.29) is 33.0 Å². The number of carbonyl (C=O) groups is 1. The molecule has 1 amide bonds. The molecule has 0 unspecified atom stereocenters. The summed E-state index contributed by atoms with van der Waals surface area (Å²) < 4.78 is 32.9. The van der Waals surface area contributed by atoms with Crippen LogP contribution in [0.25, 0.3) is 0 Å². The molecule has 1 aromatic heterocycles. The monoisotopic (exact) mass is 485 g/mol. The minimum atomic E-state index is -4.11. The van der Waals surface area contributed by atoms with E-state index in [1.165, 1.54) is 55.9 Å². The van der Waals surface area contributed by atoms with Crippen LogP contribution in [0.15, 0.2) is 59.8 Å². The van der Waals surface area contributed by atoms with Crippen LogP contribution in [0, 0.1) is 10.1 Å². The second-order valence-corrected chi connectivity index (χ2v) is 9.95. The van der Waals surface area contributed by atoms with Gasteiger partial charge in [-0.15, -0.1) is 0 Å². The zero-order valence-electron chi connectivity index (χ0n) is 18.9. The molecule has 11 nitrogen and oxygen atoms in total. The number of anilines is 2. The summed E-state index contributed by atoms with van der Waals surface area (Å²) in [6, 6.07) is 8.75. The summed E-state index contributed by atoms with van der Waals surface area (Å²) >= 11 is 0. The van der Waals surface area contributed by atoms with E-state index in [1.54, 1.807) is 0 Å². The summed E-state index contributed by atoms with van der Waals surface area (Å²) in [5, 5.41) is 13.7. The van der Waals surface area contributed by atoms with Crippen molar-refractivity contribution in [1.82, 2.24) is 9.97 Å². The molecule has 3 aromatic rings. The number of methoxy groups -OCH3 is 1. The average molecular weight is 486 g/mol. The number of nitro groups is 1. The number of benzene rings is 2. The van der Waals surface area contributed by atoms with E-state index in [0.717, 1.165) is 6.07 Å². The number of rotatable bonds is 7. The van der Waals surface area contributed by atoms with Gasteiger partial charge in [0, 0.05) is 23.1 Å². The maximum Gasteiger partial charge on any atom is 0.271 e. The van der Waals surface area contributed by atoms with Crippen molar-refractivity contribution in [3.8, 4) is 5.75 Å². The molecule has 3 rings (SSSR count). The van der Waals surface area contributed by atoms with Crippen molar-refractivity contribution in [2.75, 3.05) is 17.1 Å². The number of hydrogen-bond acceptors (Lipinski definition) is 8. The van der Waals surface area contributed by atoms with Crippen LogP contribution in [0.4, 0.5) is 17.1 Å². The Labute approximate surface area is 196 Å². The minimum Gasteiger partial charge on any atom is -0.495 e. The normalized spacial score (nSPS) is 11.5. The van der Waals surface area contributed by atoms with Crippen LogP contribution >= 0.6 is 0 Å². The number of ether oxygens (including phenoxy) is 1. The third-order valence-corrected chi connectivity index (χ3v) is 6.03. The average Bonchev–Trinajstić information content (AvgIpc) is 2.78. The Balaban J connectivity index is 1.76. The standard InChI is InChI=1S/C22H23N5O6S/c1-22(2,3)21-23-12-15(13-24-21)25-20(28)14-5-8-17(9-6-14)34(31,32)26-18-11-16(27(29)30)7-10-19(18)33-4/h5-13,26H,1-4H3,(H,25,28). The second kappa shape index (κ2) is 9.43. The summed E-state index contributed by atoms with van der Waals surface area (Å²) in [6.45, 7) is 5.92. The Hall–Kier alpha value is -4.06. The molecule has 0 spiro atoms.